The number of hydrogen-bond donors (Lipinski definition) is 0. The molecule has 0 amide bonds. The van der Waals surface area contributed by atoms with Crippen LogP contribution in [-0.4, -0.2) is 19.8 Å². The van der Waals surface area contributed by atoms with Gasteiger partial charge in [0.2, 0.25) is 10.0 Å². The molecule has 2 rings (SSSR count). The van der Waals surface area contributed by atoms with Crippen molar-refractivity contribution in [2.75, 3.05) is 7.05 Å². The zero-order valence-corrected chi connectivity index (χ0v) is 15.5. The number of nitrogens with zero attached hydrogens (tertiary/aromatic N) is 1. The minimum Gasteiger partial charge on any atom is -0.207 e. The topological polar surface area (TPSA) is 37.4 Å². The highest BCUT2D eigenvalue weighted by molar-refractivity contribution is 9.10. The summed E-state index contributed by atoms with van der Waals surface area (Å²) in [5, 5.41) is 2.66. The van der Waals surface area contributed by atoms with Gasteiger partial charge in [0.05, 0.1) is 4.90 Å². The van der Waals surface area contributed by atoms with Gasteiger partial charge >= 0.3 is 0 Å². The van der Waals surface area contributed by atoms with E-state index >= 15 is 0 Å². The van der Waals surface area contributed by atoms with Crippen molar-refractivity contribution in [1.29, 1.82) is 0 Å². The maximum atomic E-state index is 12.5. The van der Waals surface area contributed by atoms with E-state index < -0.39 is 10.0 Å². The van der Waals surface area contributed by atoms with Crippen molar-refractivity contribution >= 4 is 53.2 Å². The molecule has 0 unspecified atom stereocenters. The fraction of sp³-hybridized carbons (Fsp3) is 0.231. The van der Waals surface area contributed by atoms with Crippen LogP contribution in [0.25, 0.3) is 0 Å². The molecule has 2 aromatic rings. The molecule has 0 atom stereocenters. The Morgan fingerprint density at radius 1 is 1.25 bits per heavy atom. The monoisotopic (exact) mass is 437 g/mol. The van der Waals surface area contributed by atoms with Gasteiger partial charge in [0.25, 0.3) is 0 Å². The van der Waals surface area contributed by atoms with Crippen LogP contribution in [0.2, 0.25) is 0 Å². The number of halogens is 2. The highest BCUT2D eigenvalue weighted by Crippen LogP contribution is 2.23. The molecule has 1 aromatic carbocycles. The molecule has 0 saturated heterocycles. The van der Waals surface area contributed by atoms with Crippen molar-refractivity contribution < 1.29 is 8.42 Å². The Bertz CT molecular complexity index is 681. The number of alkyl halides is 1. The minimum atomic E-state index is -3.44. The fourth-order valence-corrected chi connectivity index (χ4v) is 4.78. The van der Waals surface area contributed by atoms with Crippen LogP contribution in [-0.2, 0) is 21.9 Å². The molecule has 0 radical (unpaired) electrons. The van der Waals surface area contributed by atoms with Gasteiger partial charge in [-0.3, -0.25) is 0 Å². The average molecular weight is 439 g/mol. The van der Waals surface area contributed by atoms with Crippen LogP contribution in [0, 0.1) is 0 Å². The summed E-state index contributed by atoms with van der Waals surface area (Å²) in [6.07, 6.45) is 0. The summed E-state index contributed by atoms with van der Waals surface area (Å²) < 4.78 is 27.2. The van der Waals surface area contributed by atoms with Crippen molar-refractivity contribution in [1.82, 2.24) is 4.31 Å². The molecule has 0 aliphatic rings. The summed E-state index contributed by atoms with van der Waals surface area (Å²) >= 11 is 8.25. The predicted octanol–water partition coefficient (Wildman–Crippen LogP) is 4.23. The van der Waals surface area contributed by atoms with Gasteiger partial charge in [-0.1, -0.05) is 28.1 Å². The Labute approximate surface area is 139 Å². The molecule has 0 bridgehead atoms. The van der Waals surface area contributed by atoms with E-state index in [9.17, 15) is 8.42 Å². The third-order valence-corrected chi connectivity index (χ3v) is 6.93. The molecule has 108 valence electrons. The summed E-state index contributed by atoms with van der Waals surface area (Å²) in [6, 6.07) is 8.86. The molecule has 1 aromatic heterocycles. The van der Waals surface area contributed by atoms with Crippen molar-refractivity contribution in [3.05, 3.63) is 50.6 Å². The molecule has 0 saturated carbocycles. The average Bonchev–Trinajstić information content (AvgIpc) is 2.84. The van der Waals surface area contributed by atoms with Gasteiger partial charge in [-0.05, 0) is 39.7 Å². The summed E-state index contributed by atoms with van der Waals surface area (Å²) in [4.78, 5) is 1.32. The second kappa shape index (κ2) is 6.70. The second-order valence-electron chi connectivity index (χ2n) is 4.27. The number of sulfonamides is 1. The standard InChI is InChI=1S/C13H13Br2NO2S2/c1-16(8-12-6-11(15)9-19-12)20(17,18)13-4-2-10(7-14)3-5-13/h2-6,9H,7-8H2,1H3. The molecule has 0 spiro atoms. The summed E-state index contributed by atoms with van der Waals surface area (Å²) in [5.41, 5.74) is 1.05. The predicted molar refractivity (Wildman–Crippen MR) is 89.7 cm³/mol. The maximum absolute atomic E-state index is 12.5. The summed E-state index contributed by atoms with van der Waals surface area (Å²) in [6.45, 7) is 0.374. The lowest BCUT2D eigenvalue weighted by atomic mass is 10.2. The van der Waals surface area contributed by atoms with Gasteiger partial charge in [-0.15, -0.1) is 11.3 Å². The largest absolute Gasteiger partial charge is 0.243 e. The number of hydrogen-bond acceptors (Lipinski definition) is 3. The Morgan fingerprint density at radius 2 is 1.90 bits per heavy atom. The fourth-order valence-electron chi connectivity index (χ4n) is 1.67. The van der Waals surface area contributed by atoms with Crippen molar-refractivity contribution in [3.8, 4) is 0 Å². The third kappa shape index (κ3) is 3.71. The van der Waals surface area contributed by atoms with Crippen LogP contribution in [0.15, 0.2) is 45.1 Å². The quantitative estimate of drug-likeness (QED) is 0.655. The molecule has 7 heteroatoms. The summed E-state index contributed by atoms with van der Waals surface area (Å²) in [7, 11) is -1.84. The van der Waals surface area contributed by atoms with Gasteiger partial charge in [0.15, 0.2) is 0 Å². The van der Waals surface area contributed by atoms with E-state index in [-0.39, 0.29) is 0 Å². The van der Waals surface area contributed by atoms with E-state index in [0.717, 1.165) is 14.9 Å². The van der Waals surface area contributed by atoms with E-state index in [1.54, 1.807) is 19.2 Å². The van der Waals surface area contributed by atoms with Crippen LogP contribution < -0.4 is 0 Å². The lowest BCUT2D eigenvalue weighted by molar-refractivity contribution is 0.469. The van der Waals surface area contributed by atoms with Gasteiger partial charge in [0.1, 0.15) is 0 Å². The SMILES string of the molecule is CN(Cc1cc(Br)cs1)S(=O)(=O)c1ccc(CBr)cc1. The molecule has 20 heavy (non-hydrogen) atoms. The van der Waals surface area contributed by atoms with E-state index in [2.05, 4.69) is 31.9 Å². The van der Waals surface area contributed by atoms with Gasteiger partial charge in [0, 0.05) is 33.7 Å². The molecular formula is C13H13Br2NO2S2. The van der Waals surface area contributed by atoms with Crippen molar-refractivity contribution in [2.24, 2.45) is 0 Å². The van der Waals surface area contributed by atoms with E-state index in [1.807, 2.05) is 23.6 Å². The molecular weight excluding hydrogens is 426 g/mol. The van der Waals surface area contributed by atoms with E-state index in [1.165, 1.54) is 15.6 Å². The Kier molecular flexibility index (Phi) is 5.42. The Hall–Kier alpha value is -0.210. The molecule has 3 nitrogen and oxygen atoms in total. The van der Waals surface area contributed by atoms with E-state index in [0.29, 0.717) is 16.8 Å². The van der Waals surface area contributed by atoms with Crippen LogP contribution >= 0.6 is 43.2 Å². The first kappa shape index (κ1) is 16.2. The molecule has 0 fully saturated rings. The second-order valence-corrected chi connectivity index (χ2v) is 8.79. The first-order valence-electron chi connectivity index (χ1n) is 5.77. The minimum absolute atomic E-state index is 0.320. The van der Waals surface area contributed by atoms with Gasteiger partial charge in [-0.25, -0.2) is 8.42 Å². The van der Waals surface area contributed by atoms with Crippen molar-refractivity contribution in [2.45, 2.75) is 16.8 Å². The third-order valence-electron chi connectivity index (χ3n) is 2.79. The Balaban J connectivity index is 2.19. The van der Waals surface area contributed by atoms with Crippen molar-refractivity contribution in [3.63, 3.8) is 0 Å². The zero-order chi connectivity index (χ0) is 14.8. The smallest absolute Gasteiger partial charge is 0.207 e. The van der Waals surface area contributed by atoms with Crippen LogP contribution in [0.4, 0.5) is 0 Å². The van der Waals surface area contributed by atoms with Crippen LogP contribution in [0.5, 0.6) is 0 Å². The first-order chi connectivity index (χ1) is 9.43. The molecule has 1 heterocycles. The Morgan fingerprint density at radius 3 is 2.40 bits per heavy atom. The van der Waals surface area contributed by atoms with Crippen LogP contribution in [0.3, 0.4) is 0 Å². The maximum Gasteiger partial charge on any atom is 0.243 e. The van der Waals surface area contributed by atoms with Gasteiger partial charge < -0.3 is 0 Å². The number of benzene rings is 1. The van der Waals surface area contributed by atoms with E-state index in [4.69, 9.17) is 0 Å². The van der Waals surface area contributed by atoms with Gasteiger partial charge in [-0.2, -0.15) is 4.31 Å². The first-order valence-corrected chi connectivity index (χ1v) is 10.0. The normalized spacial score (nSPS) is 12.0. The lowest BCUT2D eigenvalue weighted by Crippen LogP contribution is -2.26. The molecule has 0 aliphatic carbocycles. The number of thiophene rings is 1. The molecule has 0 N–H and O–H groups in total. The zero-order valence-electron chi connectivity index (χ0n) is 10.7. The number of rotatable bonds is 5. The van der Waals surface area contributed by atoms with Crippen LogP contribution in [0.1, 0.15) is 10.4 Å². The summed E-state index contributed by atoms with van der Waals surface area (Å²) in [5.74, 6) is 0. The highest BCUT2D eigenvalue weighted by atomic mass is 79.9. The highest BCUT2D eigenvalue weighted by Gasteiger charge is 2.21. The lowest BCUT2D eigenvalue weighted by Gasteiger charge is -2.16. The molecule has 0 aliphatic heterocycles.